The third-order valence-corrected chi connectivity index (χ3v) is 5.92. The Morgan fingerprint density at radius 1 is 1.03 bits per heavy atom. The fraction of sp³-hybridized carbons (Fsp3) is 0.300. The molecule has 0 atom stereocenters. The van der Waals surface area contributed by atoms with Crippen LogP contribution in [-0.4, -0.2) is 43.2 Å². The Labute approximate surface area is 186 Å². The Kier molecular flexibility index (Phi) is 5.55. The molecule has 1 aliphatic rings. The quantitative estimate of drug-likeness (QED) is 0.426. The average molecular weight is 475 g/mol. The Balaban J connectivity index is 1.99. The lowest BCUT2D eigenvalue weighted by atomic mass is 10.1. The highest BCUT2D eigenvalue weighted by molar-refractivity contribution is 6.41. The number of methoxy groups -OCH3 is 2. The molecule has 0 N–H and O–H groups in total. The van der Waals surface area contributed by atoms with E-state index in [2.05, 4.69) is 9.97 Å². The maximum atomic E-state index is 13.9. The van der Waals surface area contributed by atoms with Crippen molar-refractivity contribution in [1.29, 1.82) is 0 Å². The van der Waals surface area contributed by atoms with Gasteiger partial charge in [-0.05, 0) is 12.1 Å². The molecule has 0 amide bonds. The molecule has 0 aliphatic carbocycles. The number of ether oxygens (including phenoxy) is 2. The SMILES string of the molecule is COc1cc(OC)c(Cl)c(-c2cc3cnc(Cl)cc3c(N3CCC(F)(F)C3)n2)c1Cl. The number of halogens is 5. The number of hydrogen-bond acceptors (Lipinski definition) is 5. The predicted octanol–water partition coefficient (Wildman–Crippen LogP) is 6.12. The number of alkyl halides is 2. The van der Waals surface area contributed by atoms with Gasteiger partial charge < -0.3 is 14.4 Å². The summed E-state index contributed by atoms with van der Waals surface area (Å²) in [6.45, 7) is -0.289. The zero-order valence-corrected chi connectivity index (χ0v) is 18.2. The van der Waals surface area contributed by atoms with Crippen LogP contribution >= 0.6 is 34.8 Å². The molecule has 0 unspecified atom stereocenters. The summed E-state index contributed by atoms with van der Waals surface area (Å²) in [6.07, 6.45) is 1.30. The highest BCUT2D eigenvalue weighted by Crippen LogP contribution is 2.47. The van der Waals surface area contributed by atoms with E-state index in [1.807, 2.05) is 0 Å². The van der Waals surface area contributed by atoms with E-state index in [4.69, 9.17) is 44.3 Å². The largest absolute Gasteiger partial charge is 0.495 e. The van der Waals surface area contributed by atoms with Gasteiger partial charge in [0.2, 0.25) is 0 Å². The Hall–Kier alpha value is -2.09. The first-order valence-electron chi connectivity index (χ1n) is 8.93. The highest BCUT2D eigenvalue weighted by atomic mass is 35.5. The molecule has 10 heteroatoms. The van der Waals surface area contributed by atoms with Crippen molar-refractivity contribution in [3.05, 3.63) is 39.6 Å². The third kappa shape index (κ3) is 3.70. The van der Waals surface area contributed by atoms with Gasteiger partial charge in [0.1, 0.15) is 22.5 Å². The number of rotatable bonds is 4. The first-order valence-corrected chi connectivity index (χ1v) is 10.1. The van der Waals surface area contributed by atoms with Crippen molar-refractivity contribution in [2.45, 2.75) is 12.3 Å². The van der Waals surface area contributed by atoms with Gasteiger partial charge in [-0.2, -0.15) is 0 Å². The molecule has 1 aliphatic heterocycles. The second-order valence-electron chi connectivity index (χ2n) is 6.87. The summed E-state index contributed by atoms with van der Waals surface area (Å²) in [5, 5.41) is 1.97. The molecule has 158 valence electrons. The highest BCUT2D eigenvalue weighted by Gasteiger charge is 2.39. The fourth-order valence-electron chi connectivity index (χ4n) is 3.50. The number of aromatic nitrogens is 2. The molecule has 3 heterocycles. The Morgan fingerprint density at radius 2 is 1.70 bits per heavy atom. The molecule has 1 fully saturated rings. The molecule has 0 bridgehead atoms. The molecule has 0 radical (unpaired) electrons. The molecule has 30 heavy (non-hydrogen) atoms. The first-order chi connectivity index (χ1) is 14.2. The second-order valence-corrected chi connectivity index (χ2v) is 8.01. The minimum atomic E-state index is -2.80. The number of benzene rings is 1. The van der Waals surface area contributed by atoms with Crippen molar-refractivity contribution in [2.75, 3.05) is 32.2 Å². The summed E-state index contributed by atoms with van der Waals surface area (Å²) in [4.78, 5) is 10.3. The Bertz CT molecular complexity index is 1120. The zero-order chi connectivity index (χ0) is 21.6. The topological polar surface area (TPSA) is 47.5 Å². The monoisotopic (exact) mass is 473 g/mol. The van der Waals surface area contributed by atoms with Crippen LogP contribution in [0.5, 0.6) is 11.5 Å². The summed E-state index contributed by atoms with van der Waals surface area (Å²) >= 11 is 19.1. The summed E-state index contributed by atoms with van der Waals surface area (Å²) in [5.74, 6) is -1.75. The fourth-order valence-corrected chi connectivity index (χ4v) is 4.35. The summed E-state index contributed by atoms with van der Waals surface area (Å²) < 4.78 is 38.5. The maximum Gasteiger partial charge on any atom is 0.266 e. The van der Waals surface area contributed by atoms with Gasteiger partial charge >= 0.3 is 0 Å². The van der Waals surface area contributed by atoms with Crippen molar-refractivity contribution < 1.29 is 18.3 Å². The van der Waals surface area contributed by atoms with Crippen LogP contribution in [-0.2, 0) is 0 Å². The molecule has 5 nitrogen and oxygen atoms in total. The van der Waals surface area contributed by atoms with Crippen molar-refractivity contribution in [1.82, 2.24) is 9.97 Å². The molecule has 3 aromatic rings. The van der Waals surface area contributed by atoms with E-state index < -0.39 is 12.5 Å². The van der Waals surface area contributed by atoms with Crippen LogP contribution in [0.1, 0.15) is 6.42 Å². The molecule has 0 saturated carbocycles. The Morgan fingerprint density at radius 3 is 2.27 bits per heavy atom. The van der Waals surface area contributed by atoms with Crippen LogP contribution in [0.15, 0.2) is 24.4 Å². The molecule has 1 saturated heterocycles. The predicted molar refractivity (Wildman–Crippen MR) is 115 cm³/mol. The van der Waals surface area contributed by atoms with Gasteiger partial charge in [-0.1, -0.05) is 34.8 Å². The second kappa shape index (κ2) is 7.87. The van der Waals surface area contributed by atoms with Crippen LogP contribution < -0.4 is 14.4 Å². The lowest BCUT2D eigenvalue weighted by molar-refractivity contribution is 0.0257. The van der Waals surface area contributed by atoms with E-state index in [1.165, 1.54) is 19.1 Å². The van der Waals surface area contributed by atoms with Crippen molar-refractivity contribution in [3.63, 3.8) is 0 Å². The van der Waals surface area contributed by atoms with E-state index in [9.17, 15) is 8.78 Å². The van der Waals surface area contributed by atoms with Crippen LogP contribution in [0.2, 0.25) is 15.2 Å². The van der Waals surface area contributed by atoms with Crippen LogP contribution in [0.4, 0.5) is 14.6 Å². The van der Waals surface area contributed by atoms with Crippen molar-refractivity contribution >= 4 is 51.4 Å². The minimum absolute atomic E-state index is 0.154. The normalized spacial score (nSPS) is 15.6. The lowest BCUT2D eigenvalue weighted by Gasteiger charge is -2.21. The van der Waals surface area contributed by atoms with Gasteiger partial charge in [0.25, 0.3) is 5.92 Å². The molecule has 0 spiro atoms. The average Bonchev–Trinajstić information content (AvgIpc) is 3.07. The number of pyridine rings is 2. The van der Waals surface area contributed by atoms with Gasteiger partial charge in [-0.3, -0.25) is 0 Å². The van der Waals surface area contributed by atoms with E-state index >= 15 is 0 Å². The standard InChI is InChI=1S/C20H16Cl3F2N3O2/c1-29-13-7-14(30-2)18(23)16(17(13)22)12-5-10-8-26-15(21)6-11(10)19(27-12)28-4-3-20(24,25)9-28/h5-8H,3-4,9H2,1-2H3. The number of fused-ring (bicyclic) bond motifs is 1. The van der Waals surface area contributed by atoms with E-state index in [0.29, 0.717) is 39.3 Å². The van der Waals surface area contributed by atoms with Gasteiger partial charge in [-0.25, -0.2) is 18.7 Å². The van der Waals surface area contributed by atoms with Crippen molar-refractivity contribution in [2.24, 2.45) is 0 Å². The van der Waals surface area contributed by atoms with E-state index in [1.54, 1.807) is 24.4 Å². The number of anilines is 1. The van der Waals surface area contributed by atoms with Gasteiger partial charge in [0, 0.05) is 41.6 Å². The van der Waals surface area contributed by atoms with Gasteiger partial charge in [-0.15, -0.1) is 0 Å². The number of nitrogens with zero attached hydrogens (tertiary/aromatic N) is 3. The summed E-state index contributed by atoms with van der Waals surface area (Å²) in [6, 6.07) is 4.90. The number of hydrogen-bond donors (Lipinski definition) is 0. The van der Waals surface area contributed by atoms with Gasteiger partial charge in [0.15, 0.2) is 0 Å². The lowest BCUT2D eigenvalue weighted by Crippen LogP contribution is -2.26. The minimum Gasteiger partial charge on any atom is -0.495 e. The van der Waals surface area contributed by atoms with Crippen LogP contribution in [0.3, 0.4) is 0 Å². The smallest absolute Gasteiger partial charge is 0.266 e. The molecule has 4 rings (SSSR count). The molecule has 1 aromatic carbocycles. The van der Waals surface area contributed by atoms with E-state index in [-0.39, 0.29) is 28.2 Å². The first kappa shape index (κ1) is 21.2. The van der Waals surface area contributed by atoms with Crippen LogP contribution in [0.25, 0.3) is 22.0 Å². The van der Waals surface area contributed by atoms with Gasteiger partial charge in [0.05, 0.1) is 36.5 Å². The zero-order valence-electron chi connectivity index (χ0n) is 16.0. The molecule has 2 aromatic heterocycles. The molecular weight excluding hydrogens is 459 g/mol. The van der Waals surface area contributed by atoms with Crippen molar-refractivity contribution in [3.8, 4) is 22.8 Å². The van der Waals surface area contributed by atoms with E-state index in [0.717, 1.165) is 0 Å². The van der Waals surface area contributed by atoms with Crippen LogP contribution in [0, 0.1) is 0 Å². The summed E-state index contributed by atoms with van der Waals surface area (Å²) in [5.41, 5.74) is 0.752. The third-order valence-electron chi connectivity index (χ3n) is 4.96. The maximum absolute atomic E-state index is 13.9. The molecular formula is C20H16Cl3F2N3O2. The summed E-state index contributed by atoms with van der Waals surface area (Å²) in [7, 11) is 2.94.